The molecule has 2 aromatic rings. The molecule has 3 rings (SSSR count). The van der Waals surface area contributed by atoms with Crippen molar-refractivity contribution in [3.63, 3.8) is 0 Å². The van der Waals surface area contributed by atoms with Crippen LogP contribution >= 0.6 is 11.3 Å². The number of carbonyl (C=O) groups is 2. The average molecular weight is 378 g/mol. The van der Waals surface area contributed by atoms with E-state index in [0.29, 0.717) is 22.9 Å². The molecular weight excluding hydrogens is 356 g/mol. The number of ether oxygens (including phenoxy) is 3. The molecule has 0 spiro atoms. The van der Waals surface area contributed by atoms with E-state index >= 15 is 0 Å². The summed E-state index contributed by atoms with van der Waals surface area (Å²) in [6.07, 6.45) is 2.83. The number of thiazole rings is 1. The molecule has 1 saturated carbocycles. The zero-order valence-electron chi connectivity index (χ0n) is 15.1. The Morgan fingerprint density at radius 1 is 1.23 bits per heavy atom. The van der Waals surface area contributed by atoms with Crippen LogP contribution in [0.3, 0.4) is 0 Å². The molecule has 1 heterocycles. The summed E-state index contributed by atoms with van der Waals surface area (Å²) in [5.41, 5.74) is 0.751. The smallest absolute Gasteiger partial charge is 0.326 e. The minimum atomic E-state index is -0.375. The van der Waals surface area contributed by atoms with Gasteiger partial charge in [0.05, 0.1) is 31.0 Å². The van der Waals surface area contributed by atoms with Gasteiger partial charge >= 0.3 is 5.97 Å². The van der Waals surface area contributed by atoms with Crippen molar-refractivity contribution >= 4 is 33.4 Å². The van der Waals surface area contributed by atoms with E-state index in [1.54, 1.807) is 31.8 Å². The molecule has 1 fully saturated rings. The third kappa shape index (κ3) is 3.60. The Balaban J connectivity index is 2.12. The number of esters is 1. The highest BCUT2D eigenvalue weighted by Gasteiger charge is 2.25. The first-order valence-electron chi connectivity index (χ1n) is 8.57. The Labute approximate surface area is 155 Å². The number of hydrogen-bond donors (Lipinski definition) is 0. The van der Waals surface area contributed by atoms with Crippen molar-refractivity contribution in [1.82, 2.24) is 4.57 Å². The Morgan fingerprint density at radius 3 is 2.50 bits per heavy atom. The fraction of sp³-hybridized carbons (Fsp3) is 0.500. The minimum Gasteiger partial charge on any atom is -0.493 e. The first kappa shape index (κ1) is 18.4. The topological polar surface area (TPSA) is 79.1 Å². The first-order valence-corrected chi connectivity index (χ1v) is 9.38. The number of hydrogen-bond acceptors (Lipinski definition) is 6. The number of nitrogens with zero attached hydrogens (tertiary/aromatic N) is 2. The number of rotatable bonds is 6. The maximum atomic E-state index is 12.3. The lowest BCUT2D eigenvalue weighted by molar-refractivity contribution is -0.143. The summed E-state index contributed by atoms with van der Waals surface area (Å²) >= 11 is 1.35. The largest absolute Gasteiger partial charge is 0.493 e. The summed E-state index contributed by atoms with van der Waals surface area (Å²) in [6.45, 7) is 2.04. The van der Waals surface area contributed by atoms with Gasteiger partial charge in [0.2, 0.25) is 0 Å². The molecule has 0 aliphatic heterocycles. The Kier molecular flexibility index (Phi) is 5.61. The van der Waals surface area contributed by atoms with Crippen molar-refractivity contribution in [3.05, 3.63) is 16.9 Å². The second-order valence-electron chi connectivity index (χ2n) is 6.03. The van der Waals surface area contributed by atoms with E-state index in [1.807, 2.05) is 6.07 Å². The molecule has 0 N–H and O–H groups in total. The van der Waals surface area contributed by atoms with E-state index in [1.165, 1.54) is 11.3 Å². The predicted molar refractivity (Wildman–Crippen MR) is 97.5 cm³/mol. The second kappa shape index (κ2) is 7.90. The van der Waals surface area contributed by atoms with Gasteiger partial charge in [0.25, 0.3) is 5.91 Å². The van der Waals surface area contributed by atoms with Crippen molar-refractivity contribution in [3.8, 4) is 11.5 Å². The molecule has 1 aliphatic carbocycles. The first-order chi connectivity index (χ1) is 12.6. The van der Waals surface area contributed by atoms with Crippen LogP contribution in [0.5, 0.6) is 11.5 Å². The highest BCUT2D eigenvalue weighted by atomic mass is 32.1. The highest BCUT2D eigenvalue weighted by Crippen LogP contribution is 2.33. The van der Waals surface area contributed by atoms with E-state index in [9.17, 15) is 9.59 Å². The zero-order valence-corrected chi connectivity index (χ0v) is 15.9. The van der Waals surface area contributed by atoms with Crippen LogP contribution < -0.4 is 14.3 Å². The molecule has 1 aromatic heterocycles. The van der Waals surface area contributed by atoms with Gasteiger partial charge in [-0.25, -0.2) is 0 Å². The lowest BCUT2D eigenvalue weighted by atomic mass is 9.85. The van der Waals surface area contributed by atoms with Crippen molar-refractivity contribution in [2.75, 3.05) is 20.8 Å². The normalized spacial score (nSPS) is 15.0. The van der Waals surface area contributed by atoms with Crippen LogP contribution in [0.1, 0.15) is 26.2 Å². The van der Waals surface area contributed by atoms with Crippen LogP contribution in [-0.4, -0.2) is 37.3 Å². The summed E-state index contributed by atoms with van der Waals surface area (Å²) in [6, 6.07) is 3.62. The van der Waals surface area contributed by atoms with E-state index in [4.69, 9.17) is 14.2 Å². The Bertz CT molecular complexity index is 895. The van der Waals surface area contributed by atoms with Gasteiger partial charge in [-0.3, -0.25) is 9.59 Å². The fourth-order valence-corrected chi connectivity index (χ4v) is 3.86. The average Bonchev–Trinajstić information content (AvgIpc) is 2.88. The quantitative estimate of drug-likeness (QED) is 0.722. The van der Waals surface area contributed by atoms with Gasteiger partial charge in [-0.2, -0.15) is 4.99 Å². The lowest BCUT2D eigenvalue weighted by Crippen LogP contribution is -2.26. The van der Waals surface area contributed by atoms with Crippen LogP contribution in [0.2, 0.25) is 0 Å². The standard InChI is InChI=1S/C18H22N2O5S/c1-4-25-16(21)10-20-12-8-13(23-2)14(24-3)9-15(12)26-18(20)19-17(22)11-6-5-7-11/h8-9,11H,4-7,10H2,1-3H3. The van der Waals surface area contributed by atoms with Crippen molar-refractivity contribution in [2.45, 2.75) is 32.7 Å². The van der Waals surface area contributed by atoms with Crippen molar-refractivity contribution in [2.24, 2.45) is 10.9 Å². The summed E-state index contributed by atoms with van der Waals surface area (Å²) < 4.78 is 18.3. The van der Waals surface area contributed by atoms with Crippen LogP contribution in [0, 0.1) is 5.92 Å². The van der Waals surface area contributed by atoms with Gasteiger partial charge in [0.1, 0.15) is 6.54 Å². The van der Waals surface area contributed by atoms with Crippen LogP contribution in [0.4, 0.5) is 0 Å². The van der Waals surface area contributed by atoms with Gasteiger partial charge in [-0.15, -0.1) is 0 Å². The van der Waals surface area contributed by atoms with Crippen LogP contribution in [-0.2, 0) is 20.9 Å². The van der Waals surface area contributed by atoms with E-state index in [-0.39, 0.29) is 24.3 Å². The van der Waals surface area contributed by atoms with Crippen LogP contribution in [0.25, 0.3) is 10.2 Å². The molecule has 0 radical (unpaired) electrons. The molecule has 1 aliphatic rings. The molecule has 7 nitrogen and oxygen atoms in total. The molecular formula is C18H22N2O5S. The molecule has 140 valence electrons. The van der Waals surface area contributed by atoms with Gasteiger partial charge < -0.3 is 18.8 Å². The third-order valence-electron chi connectivity index (χ3n) is 4.44. The molecule has 0 bridgehead atoms. The Hall–Kier alpha value is -2.35. The van der Waals surface area contributed by atoms with Gasteiger partial charge in [-0.05, 0) is 19.8 Å². The number of amides is 1. The summed E-state index contributed by atoms with van der Waals surface area (Å²) in [4.78, 5) is 29.2. The number of methoxy groups -OCH3 is 2. The maximum Gasteiger partial charge on any atom is 0.326 e. The zero-order chi connectivity index (χ0) is 18.7. The second-order valence-corrected chi connectivity index (χ2v) is 7.04. The van der Waals surface area contributed by atoms with Gasteiger partial charge in [0.15, 0.2) is 16.3 Å². The molecule has 0 unspecified atom stereocenters. The molecule has 26 heavy (non-hydrogen) atoms. The SMILES string of the molecule is CCOC(=O)Cn1c(=NC(=O)C2CCC2)sc2cc(OC)c(OC)cc21. The fourth-order valence-electron chi connectivity index (χ4n) is 2.81. The molecule has 0 saturated heterocycles. The lowest BCUT2D eigenvalue weighted by Gasteiger charge is -2.20. The number of aromatic nitrogens is 1. The molecule has 1 aromatic carbocycles. The predicted octanol–water partition coefficient (Wildman–Crippen LogP) is 2.51. The number of carbonyl (C=O) groups excluding carboxylic acids is 2. The minimum absolute atomic E-state index is 0.000304. The van der Waals surface area contributed by atoms with E-state index in [2.05, 4.69) is 4.99 Å². The van der Waals surface area contributed by atoms with Crippen molar-refractivity contribution in [1.29, 1.82) is 0 Å². The third-order valence-corrected chi connectivity index (χ3v) is 5.48. The molecule has 8 heteroatoms. The monoisotopic (exact) mass is 378 g/mol. The van der Waals surface area contributed by atoms with Crippen molar-refractivity contribution < 1.29 is 23.8 Å². The Morgan fingerprint density at radius 2 is 1.92 bits per heavy atom. The molecule has 0 atom stereocenters. The van der Waals surface area contributed by atoms with Gasteiger partial charge in [-0.1, -0.05) is 17.8 Å². The van der Waals surface area contributed by atoms with E-state index in [0.717, 1.165) is 29.5 Å². The maximum absolute atomic E-state index is 12.3. The number of fused-ring (bicyclic) bond motifs is 1. The summed E-state index contributed by atoms with van der Waals surface area (Å²) in [5.74, 6) is 0.632. The van der Waals surface area contributed by atoms with E-state index < -0.39 is 0 Å². The summed E-state index contributed by atoms with van der Waals surface area (Å²) in [5, 5.41) is 0. The molecule has 1 amide bonds. The van der Waals surface area contributed by atoms with Gasteiger partial charge in [0, 0.05) is 18.1 Å². The number of benzene rings is 1. The summed E-state index contributed by atoms with van der Waals surface area (Å²) in [7, 11) is 3.12. The van der Waals surface area contributed by atoms with Crippen LogP contribution in [0.15, 0.2) is 17.1 Å². The highest BCUT2D eigenvalue weighted by molar-refractivity contribution is 7.16.